The number of amides is 1. The van der Waals surface area contributed by atoms with Crippen LogP contribution in [-0.4, -0.2) is 37.6 Å². The topological polar surface area (TPSA) is 62.6 Å². The molecule has 1 amide bonds. The summed E-state index contributed by atoms with van der Waals surface area (Å²) in [6.07, 6.45) is 0. The Bertz CT molecular complexity index is 492. The van der Waals surface area contributed by atoms with E-state index in [-0.39, 0.29) is 18.5 Å². The van der Waals surface area contributed by atoms with Gasteiger partial charge in [0.1, 0.15) is 18.0 Å². The summed E-state index contributed by atoms with van der Waals surface area (Å²) in [6, 6.07) is 6.93. The fourth-order valence-electron chi connectivity index (χ4n) is 1.69. The van der Waals surface area contributed by atoms with Gasteiger partial charge < -0.3 is 14.4 Å². The Hall–Kier alpha value is -2.22. The second kappa shape index (κ2) is 6.64. The lowest BCUT2D eigenvalue weighted by Crippen LogP contribution is -2.37. The van der Waals surface area contributed by atoms with Crippen LogP contribution in [0.25, 0.3) is 0 Å². The number of nitriles is 1. The molecule has 5 nitrogen and oxygen atoms in total. The fraction of sp³-hybridized carbons (Fsp3) is 0.429. The first-order valence-corrected chi connectivity index (χ1v) is 5.95. The highest BCUT2D eigenvalue weighted by molar-refractivity contribution is 5.97. The molecule has 0 heterocycles. The first kappa shape index (κ1) is 14.8. The molecule has 0 bridgehead atoms. The van der Waals surface area contributed by atoms with Crippen molar-refractivity contribution in [1.29, 1.82) is 5.26 Å². The molecular weight excluding hydrogens is 244 g/mol. The van der Waals surface area contributed by atoms with Gasteiger partial charge in [0.25, 0.3) is 5.91 Å². The number of methoxy groups -OCH3 is 2. The highest BCUT2D eigenvalue weighted by atomic mass is 16.5. The summed E-state index contributed by atoms with van der Waals surface area (Å²) >= 11 is 0. The Morgan fingerprint density at radius 3 is 2.53 bits per heavy atom. The maximum atomic E-state index is 12.4. The van der Waals surface area contributed by atoms with Crippen LogP contribution in [0.1, 0.15) is 24.2 Å². The van der Waals surface area contributed by atoms with Gasteiger partial charge in [0.15, 0.2) is 0 Å². The van der Waals surface area contributed by atoms with Crippen molar-refractivity contribution < 1.29 is 14.3 Å². The van der Waals surface area contributed by atoms with Crippen molar-refractivity contribution in [3.8, 4) is 17.6 Å². The van der Waals surface area contributed by atoms with Crippen molar-refractivity contribution in [2.45, 2.75) is 19.9 Å². The molecule has 0 atom stereocenters. The highest BCUT2D eigenvalue weighted by Gasteiger charge is 2.22. The molecular formula is C14H18N2O3. The number of hydrogen-bond donors (Lipinski definition) is 0. The monoisotopic (exact) mass is 262 g/mol. The minimum absolute atomic E-state index is 0.0473. The minimum atomic E-state index is -0.226. The van der Waals surface area contributed by atoms with E-state index in [0.29, 0.717) is 17.1 Å². The number of hydrogen-bond acceptors (Lipinski definition) is 4. The third kappa shape index (κ3) is 3.38. The van der Waals surface area contributed by atoms with E-state index >= 15 is 0 Å². The van der Waals surface area contributed by atoms with Crippen LogP contribution in [0.4, 0.5) is 0 Å². The summed E-state index contributed by atoms with van der Waals surface area (Å²) in [5.41, 5.74) is 0.423. The standard InChI is InChI=1S/C14H18N2O3/c1-10(2)16(8-7-15)14(17)12-6-5-11(18-3)9-13(12)19-4/h5-6,9-10H,8H2,1-4H3. The van der Waals surface area contributed by atoms with Gasteiger partial charge in [-0.2, -0.15) is 5.26 Å². The van der Waals surface area contributed by atoms with Crippen molar-refractivity contribution in [1.82, 2.24) is 4.90 Å². The first-order valence-electron chi connectivity index (χ1n) is 5.95. The normalized spacial score (nSPS) is 9.89. The Labute approximate surface area is 113 Å². The molecule has 0 aliphatic carbocycles. The zero-order valence-electron chi connectivity index (χ0n) is 11.6. The van der Waals surface area contributed by atoms with Gasteiger partial charge in [0, 0.05) is 12.1 Å². The largest absolute Gasteiger partial charge is 0.497 e. The Morgan fingerprint density at radius 1 is 1.37 bits per heavy atom. The van der Waals surface area contributed by atoms with Gasteiger partial charge in [-0.05, 0) is 26.0 Å². The predicted octanol–water partition coefficient (Wildman–Crippen LogP) is 2.08. The smallest absolute Gasteiger partial charge is 0.258 e. The van der Waals surface area contributed by atoms with Crippen molar-refractivity contribution in [2.24, 2.45) is 0 Å². The molecule has 0 fully saturated rings. The number of rotatable bonds is 5. The number of ether oxygens (including phenoxy) is 2. The van der Waals surface area contributed by atoms with E-state index in [9.17, 15) is 4.79 Å². The molecule has 0 radical (unpaired) electrons. The van der Waals surface area contributed by atoms with Crippen LogP contribution in [0, 0.1) is 11.3 Å². The molecule has 0 aromatic heterocycles. The number of nitrogens with zero attached hydrogens (tertiary/aromatic N) is 2. The number of carbonyl (C=O) groups is 1. The van der Waals surface area contributed by atoms with E-state index in [2.05, 4.69) is 0 Å². The molecule has 0 spiro atoms. The Morgan fingerprint density at radius 2 is 2.05 bits per heavy atom. The lowest BCUT2D eigenvalue weighted by molar-refractivity contribution is 0.0728. The van der Waals surface area contributed by atoms with Gasteiger partial charge in [-0.1, -0.05) is 0 Å². The van der Waals surface area contributed by atoms with Crippen molar-refractivity contribution in [3.05, 3.63) is 23.8 Å². The van der Waals surface area contributed by atoms with Crippen molar-refractivity contribution >= 4 is 5.91 Å². The van der Waals surface area contributed by atoms with Crippen LogP contribution in [-0.2, 0) is 0 Å². The van der Waals surface area contributed by atoms with Gasteiger partial charge in [0.2, 0.25) is 0 Å². The number of carbonyl (C=O) groups excluding carboxylic acids is 1. The Kier molecular flexibility index (Phi) is 5.19. The maximum absolute atomic E-state index is 12.4. The quantitative estimate of drug-likeness (QED) is 0.762. The molecule has 0 aliphatic heterocycles. The fourth-order valence-corrected chi connectivity index (χ4v) is 1.69. The van der Waals surface area contributed by atoms with Crippen LogP contribution in [0.3, 0.4) is 0 Å². The van der Waals surface area contributed by atoms with Crippen LogP contribution in [0.15, 0.2) is 18.2 Å². The van der Waals surface area contributed by atoms with Gasteiger partial charge in [-0.15, -0.1) is 0 Å². The van der Waals surface area contributed by atoms with Crippen LogP contribution < -0.4 is 9.47 Å². The van der Waals surface area contributed by atoms with E-state index in [1.54, 1.807) is 25.3 Å². The average Bonchev–Trinajstić information content (AvgIpc) is 2.42. The predicted molar refractivity (Wildman–Crippen MR) is 71.3 cm³/mol. The molecule has 19 heavy (non-hydrogen) atoms. The van der Waals surface area contributed by atoms with Gasteiger partial charge in [0.05, 0.1) is 25.9 Å². The molecule has 5 heteroatoms. The van der Waals surface area contributed by atoms with Crippen LogP contribution in [0.2, 0.25) is 0 Å². The van der Waals surface area contributed by atoms with E-state index in [1.807, 2.05) is 19.9 Å². The zero-order chi connectivity index (χ0) is 14.4. The van der Waals surface area contributed by atoms with Crippen LogP contribution in [0.5, 0.6) is 11.5 Å². The molecule has 1 rings (SSSR count). The molecule has 0 unspecified atom stereocenters. The van der Waals surface area contributed by atoms with E-state index in [1.165, 1.54) is 12.0 Å². The summed E-state index contributed by atoms with van der Waals surface area (Å²) in [5, 5.41) is 8.79. The summed E-state index contributed by atoms with van der Waals surface area (Å²) < 4.78 is 10.3. The van der Waals surface area contributed by atoms with Gasteiger partial charge in [-0.3, -0.25) is 4.79 Å². The molecule has 1 aromatic rings. The van der Waals surface area contributed by atoms with Crippen LogP contribution >= 0.6 is 0 Å². The number of benzene rings is 1. The Balaban J connectivity index is 3.14. The molecule has 0 saturated carbocycles. The average molecular weight is 262 g/mol. The molecule has 0 N–H and O–H groups in total. The molecule has 0 saturated heterocycles. The lowest BCUT2D eigenvalue weighted by Gasteiger charge is -2.24. The summed E-state index contributed by atoms with van der Waals surface area (Å²) in [7, 11) is 3.04. The second-order valence-electron chi connectivity index (χ2n) is 4.25. The van der Waals surface area contributed by atoms with E-state index in [0.717, 1.165) is 0 Å². The second-order valence-corrected chi connectivity index (χ2v) is 4.25. The lowest BCUT2D eigenvalue weighted by atomic mass is 10.1. The zero-order valence-corrected chi connectivity index (χ0v) is 11.6. The van der Waals surface area contributed by atoms with Gasteiger partial charge in [-0.25, -0.2) is 0 Å². The van der Waals surface area contributed by atoms with Crippen molar-refractivity contribution in [2.75, 3.05) is 20.8 Å². The van der Waals surface area contributed by atoms with E-state index < -0.39 is 0 Å². The van der Waals surface area contributed by atoms with Crippen molar-refractivity contribution in [3.63, 3.8) is 0 Å². The summed E-state index contributed by atoms with van der Waals surface area (Å²) in [5.74, 6) is 0.828. The third-order valence-electron chi connectivity index (χ3n) is 2.76. The highest BCUT2D eigenvalue weighted by Crippen LogP contribution is 2.26. The SMILES string of the molecule is COc1ccc(C(=O)N(CC#N)C(C)C)c(OC)c1. The molecule has 102 valence electrons. The van der Waals surface area contributed by atoms with E-state index in [4.69, 9.17) is 14.7 Å². The first-order chi connectivity index (χ1) is 9.04. The molecule has 0 aliphatic rings. The third-order valence-corrected chi connectivity index (χ3v) is 2.76. The molecule has 1 aromatic carbocycles. The maximum Gasteiger partial charge on any atom is 0.258 e. The minimum Gasteiger partial charge on any atom is -0.497 e. The summed E-state index contributed by atoms with van der Waals surface area (Å²) in [4.78, 5) is 13.9. The van der Waals surface area contributed by atoms with Gasteiger partial charge >= 0.3 is 0 Å². The summed E-state index contributed by atoms with van der Waals surface area (Å²) in [6.45, 7) is 3.78.